The number of benzene rings is 2. The summed E-state index contributed by atoms with van der Waals surface area (Å²) in [7, 11) is 0. The zero-order chi connectivity index (χ0) is 14.8. The highest BCUT2D eigenvalue weighted by atomic mass is 19.1. The molecule has 0 saturated heterocycles. The lowest BCUT2D eigenvalue weighted by Crippen LogP contribution is -1.87. The molecule has 0 aliphatic rings. The summed E-state index contributed by atoms with van der Waals surface area (Å²) in [5.74, 6) is -0.622. The maximum Gasteiger partial charge on any atom is 0.185 e. The minimum atomic E-state index is -0.646. The molecule has 0 aliphatic carbocycles. The van der Waals surface area contributed by atoms with Gasteiger partial charge >= 0.3 is 0 Å². The van der Waals surface area contributed by atoms with Crippen LogP contribution in [0.3, 0.4) is 0 Å². The summed E-state index contributed by atoms with van der Waals surface area (Å²) < 4.78 is 32.2. The van der Waals surface area contributed by atoms with E-state index < -0.39 is 11.6 Å². The Morgan fingerprint density at radius 2 is 1.52 bits per heavy atom. The van der Waals surface area contributed by atoms with Gasteiger partial charge in [-0.1, -0.05) is 24.3 Å². The summed E-state index contributed by atoms with van der Waals surface area (Å²) >= 11 is 0. The predicted molar refractivity (Wildman–Crippen MR) is 74.9 cm³/mol. The highest BCUT2D eigenvalue weighted by molar-refractivity contribution is 5.82. The van der Waals surface area contributed by atoms with Gasteiger partial charge in [-0.25, -0.2) is 8.78 Å². The first kappa shape index (κ1) is 13.2. The number of carbonyl (C=O) groups excluding carboxylic acids is 1. The largest absolute Gasteiger partial charge is 0.453 e. The van der Waals surface area contributed by atoms with Gasteiger partial charge in [0.25, 0.3) is 0 Å². The van der Waals surface area contributed by atoms with Gasteiger partial charge in [-0.2, -0.15) is 0 Å². The van der Waals surface area contributed by atoms with E-state index in [1.165, 1.54) is 12.1 Å². The molecule has 21 heavy (non-hydrogen) atoms. The standard InChI is InChI=1S/C17H10F2O2/c18-12-7-11(8-13(19)9-12)15-3-1-2-4-16(15)17-6-5-14(10-20)21-17/h1-10H. The van der Waals surface area contributed by atoms with Crippen LogP contribution in [-0.4, -0.2) is 6.29 Å². The van der Waals surface area contributed by atoms with Gasteiger partial charge < -0.3 is 4.42 Å². The van der Waals surface area contributed by atoms with Crippen LogP contribution in [-0.2, 0) is 0 Å². The summed E-state index contributed by atoms with van der Waals surface area (Å²) in [6.07, 6.45) is 0.605. The van der Waals surface area contributed by atoms with E-state index in [1.807, 2.05) is 0 Å². The molecule has 3 aromatic rings. The van der Waals surface area contributed by atoms with Crippen molar-refractivity contribution in [2.24, 2.45) is 0 Å². The van der Waals surface area contributed by atoms with Gasteiger partial charge in [-0.15, -0.1) is 0 Å². The number of carbonyl (C=O) groups is 1. The molecule has 0 saturated carbocycles. The molecular formula is C17H10F2O2. The third-order valence-corrected chi connectivity index (χ3v) is 3.11. The molecule has 0 atom stereocenters. The minimum absolute atomic E-state index is 0.199. The van der Waals surface area contributed by atoms with E-state index in [9.17, 15) is 13.6 Å². The Bertz CT molecular complexity index is 786. The molecule has 0 fully saturated rings. The Kier molecular flexibility index (Phi) is 3.36. The first-order valence-corrected chi connectivity index (χ1v) is 6.28. The Labute approximate surface area is 119 Å². The summed E-state index contributed by atoms with van der Waals surface area (Å²) in [6.45, 7) is 0. The van der Waals surface area contributed by atoms with Crippen molar-refractivity contribution in [1.29, 1.82) is 0 Å². The predicted octanol–water partition coefficient (Wildman–Crippen LogP) is 4.70. The van der Waals surface area contributed by atoms with Crippen LogP contribution in [0.25, 0.3) is 22.5 Å². The van der Waals surface area contributed by atoms with E-state index >= 15 is 0 Å². The summed E-state index contributed by atoms with van der Waals surface area (Å²) in [5, 5.41) is 0. The highest BCUT2D eigenvalue weighted by Crippen LogP contribution is 2.33. The number of furan rings is 1. The molecule has 0 N–H and O–H groups in total. The molecule has 0 amide bonds. The number of rotatable bonds is 3. The highest BCUT2D eigenvalue weighted by Gasteiger charge is 2.12. The summed E-state index contributed by atoms with van der Waals surface area (Å²) in [4.78, 5) is 10.7. The lowest BCUT2D eigenvalue weighted by Gasteiger charge is -2.08. The zero-order valence-corrected chi connectivity index (χ0v) is 10.8. The Morgan fingerprint density at radius 1 is 0.857 bits per heavy atom. The summed E-state index contributed by atoms with van der Waals surface area (Å²) in [5.41, 5.74) is 1.70. The van der Waals surface area contributed by atoms with Gasteiger partial charge in [0.2, 0.25) is 0 Å². The van der Waals surface area contributed by atoms with Gasteiger partial charge in [0.1, 0.15) is 17.4 Å². The van der Waals surface area contributed by atoms with E-state index in [0.29, 0.717) is 28.7 Å². The van der Waals surface area contributed by atoms with Crippen molar-refractivity contribution < 1.29 is 18.0 Å². The molecule has 0 unspecified atom stereocenters. The Hall–Kier alpha value is -2.75. The molecule has 1 heterocycles. The molecule has 0 radical (unpaired) electrons. The maximum atomic E-state index is 13.4. The molecule has 2 nitrogen and oxygen atoms in total. The molecule has 0 spiro atoms. The SMILES string of the molecule is O=Cc1ccc(-c2ccccc2-c2cc(F)cc(F)c2)o1. The number of halogens is 2. The normalized spacial score (nSPS) is 10.6. The average Bonchev–Trinajstić information content (AvgIpc) is 2.95. The number of hydrogen-bond acceptors (Lipinski definition) is 2. The van der Waals surface area contributed by atoms with Crippen molar-refractivity contribution in [3.8, 4) is 22.5 Å². The van der Waals surface area contributed by atoms with Gasteiger partial charge in [-0.3, -0.25) is 4.79 Å². The first-order chi connectivity index (χ1) is 10.2. The van der Waals surface area contributed by atoms with Gasteiger partial charge in [-0.05, 0) is 35.4 Å². The van der Waals surface area contributed by atoms with Crippen LogP contribution in [0.15, 0.2) is 59.0 Å². The van der Waals surface area contributed by atoms with Gasteiger partial charge in [0.15, 0.2) is 12.0 Å². The van der Waals surface area contributed by atoms with Gasteiger partial charge in [0.05, 0.1) is 0 Å². The van der Waals surface area contributed by atoms with E-state index in [2.05, 4.69) is 0 Å². The minimum Gasteiger partial charge on any atom is -0.453 e. The first-order valence-electron chi connectivity index (χ1n) is 6.28. The molecule has 0 aliphatic heterocycles. The third kappa shape index (κ3) is 2.60. The van der Waals surface area contributed by atoms with Crippen molar-refractivity contribution in [2.45, 2.75) is 0 Å². The van der Waals surface area contributed by atoms with Crippen LogP contribution >= 0.6 is 0 Å². The molecule has 0 bridgehead atoms. The average molecular weight is 284 g/mol. The second-order valence-electron chi connectivity index (χ2n) is 4.52. The molecule has 2 aromatic carbocycles. The quantitative estimate of drug-likeness (QED) is 0.652. The second kappa shape index (κ2) is 5.32. The zero-order valence-electron chi connectivity index (χ0n) is 10.8. The van der Waals surface area contributed by atoms with E-state index in [0.717, 1.165) is 6.07 Å². The Morgan fingerprint density at radius 3 is 2.14 bits per heavy atom. The smallest absolute Gasteiger partial charge is 0.185 e. The fraction of sp³-hybridized carbons (Fsp3) is 0. The van der Waals surface area contributed by atoms with Crippen LogP contribution in [0.4, 0.5) is 8.78 Å². The third-order valence-electron chi connectivity index (χ3n) is 3.11. The number of aldehydes is 1. The summed E-state index contributed by atoms with van der Waals surface area (Å²) in [6, 6.07) is 13.6. The van der Waals surface area contributed by atoms with Crippen molar-refractivity contribution in [1.82, 2.24) is 0 Å². The fourth-order valence-corrected chi connectivity index (χ4v) is 2.22. The lowest BCUT2D eigenvalue weighted by atomic mass is 9.98. The fourth-order valence-electron chi connectivity index (χ4n) is 2.22. The van der Waals surface area contributed by atoms with Gasteiger partial charge in [0, 0.05) is 11.6 Å². The number of hydrogen-bond donors (Lipinski definition) is 0. The molecule has 4 heteroatoms. The topological polar surface area (TPSA) is 30.2 Å². The molecular weight excluding hydrogens is 274 g/mol. The van der Waals surface area contributed by atoms with Crippen LogP contribution < -0.4 is 0 Å². The second-order valence-corrected chi connectivity index (χ2v) is 4.52. The van der Waals surface area contributed by atoms with Crippen molar-refractivity contribution in [3.05, 3.63) is 72.0 Å². The van der Waals surface area contributed by atoms with Crippen molar-refractivity contribution in [2.75, 3.05) is 0 Å². The Balaban J connectivity index is 2.17. The van der Waals surface area contributed by atoms with Crippen LogP contribution in [0.2, 0.25) is 0 Å². The van der Waals surface area contributed by atoms with Crippen molar-refractivity contribution in [3.63, 3.8) is 0 Å². The molecule has 3 rings (SSSR count). The lowest BCUT2D eigenvalue weighted by molar-refractivity contribution is 0.110. The van der Waals surface area contributed by atoms with E-state index in [-0.39, 0.29) is 5.76 Å². The van der Waals surface area contributed by atoms with E-state index in [1.54, 1.807) is 36.4 Å². The molecule has 1 aromatic heterocycles. The van der Waals surface area contributed by atoms with Crippen LogP contribution in [0, 0.1) is 11.6 Å². The van der Waals surface area contributed by atoms with Crippen LogP contribution in [0.5, 0.6) is 0 Å². The monoisotopic (exact) mass is 284 g/mol. The van der Waals surface area contributed by atoms with E-state index in [4.69, 9.17) is 4.42 Å². The molecule has 104 valence electrons. The van der Waals surface area contributed by atoms with Crippen LogP contribution in [0.1, 0.15) is 10.6 Å². The maximum absolute atomic E-state index is 13.4. The van der Waals surface area contributed by atoms with Crippen molar-refractivity contribution >= 4 is 6.29 Å².